The van der Waals surface area contributed by atoms with Crippen LogP contribution in [0.15, 0.2) is 53.5 Å². The fourth-order valence-electron chi connectivity index (χ4n) is 4.10. The molecule has 0 spiro atoms. The number of allylic oxidation sites excluding steroid dienone is 1. The van der Waals surface area contributed by atoms with Crippen LogP contribution in [0.5, 0.6) is 5.75 Å². The van der Waals surface area contributed by atoms with Crippen molar-refractivity contribution in [3.05, 3.63) is 65.2 Å². The Balaban J connectivity index is 1.70. The van der Waals surface area contributed by atoms with Gasteiger partial charge >= 0.3 is 0 Å². The first-order chi connectivity index (χ1) is 17.4. The van der Waals surface area contributed by atoms with Crippen LogP contribution in [-0.2, 0) is 11.3 Å². The van der Waals surface area contributed by atoms with Crippen molar-refractivity contribution < 1.29 is 14.6 Å². The van der Waals surface area contributed by atoms with Gasteiger partial charge in [0.2, 0.25) is 5.88 Å². The molecule has 4 aromatic rings. The molecule has 2 aromatic heterocycles. The van der Waals surface area contributed by atoms with Gasteiger partial charge in [0.15, 0.2) is 0 Å². The summed E-state index contributed by atoms with van der Waals surface area (Å²) in [6.07, 6.45) is 4.10. The lowest BCUT2D eigenvalue weighted by Gasteiger charge is -2.11. The summed E-state index contributed by atoms with van der Waals surface area (Å²) in [5, 5.41) is 17.8. The van der Waals surface area contributed by atoms with Crippen LogP contribution < -0.4 is 5.32 Å². The molecule has 0 saturated carbocycles. The highest BCUT2D eigenvalue weighted by Crippen LogP contribution is 2.34. The van der Waals surface area contributed by atoms with Gasteiger partial charge in [0.1, 0.15) is 17.4 Å². The number of carbonyl (C=O) groups excluding carboxylic acids is 1. The van der Waals surface area contributed by atoms with E-state index in [0.29, 0.717) is 52.7 Å². The number of rotatable bonds is 8. The molecular formula is C27H30N6O3. The summed E-state index contributed by atoms with van der Waals surface area (Å²) in [7, 11) is 1.59. The minimum Gasteiger partial charge on any atom is -0.507 e. The third kappa shape index (κ3) is 4.72. The molecule has 0 unspecified atom stereocenters. The Labute approximate surface area is 209 Å². The molecule has 2 aromatic carbocycles. The van der Waals surface area contributed by atoms with Crippen LogP contribution >= 0.6 is 0 Å². The summed E-state index contributed by atoms with van der Waals surface area (Å²) in [6, 6.07) is 10.6. The number of nitrogens with zero attached hydrogens (tertiary/aromatic N) is 4. The molecule has 9 heteroatoms. The number of aryl methyl sites for hydroxylation is 2. The molecule has 0 atom stereocenters. The lowest BCUT2D eigenvalue weighted by Crippen LogP contribution is -2.16. The number of phenols is 1. The fourth-order valence-corrected chi connectivity index (χ4v) is 4.10. The second-order valence-electron chi connectivity index (χ2n) is 8.22. The van der Waals surface area contributed by atoms with Crippen LogP contribution in [0, 0.1) is 6.92 Å². The number of aliphatic imine (C=N–C) groups is 1. The van der Waals surface area contributed by atoms with Crippen molar-refractivity contribution in [3.63, 3.8) is 0 Å². The number of aromatic hydroxyl groups is 1. The number of carbonyl (C=O) groups is 1. The zero-order chi connectivity index (χ0) is 25.8. The largest absolute Gasteiger partial charge is 0.507 e. The van der Waals surface area contributed by atoms with Crippen molar-refractivity contribution in [2.45, 2.75) is 40.7 Å². The molecule has 2 heterocycles. The number of amides is 1. The highest BCUT2D eigenvalue weighted by molar-refractivity contribution is 6.06. The number of methoxy groups -OCH3 is 1. The van der Waals surface area contributed by atoms with Crippen molar-refractivity contribution >= 4 is 34.5 Å². The quantitative estimate of drug-likeness (QED) is 0.224. The number of phenolic OH excluding ortho intramolecular Hbond substituents is 1. The van der Waals surface area contributed by atoms with Crippen LogP contribution in [0.25, 0.3) is 28.0 Å². The van der Waals surface area contributed by atoms with Crippen LogP contribution in [0.3, 0.4) is 0 Å². The van der Waals surface area contributed by atoms with Gasteiger partial charge in [0.25, 0.3) is 5.91 Å². The molecule has 4 rings (SSSR count). The Hall–Kier alpha value is -4.40. The number of benzene rings is 2. The topological polar surface area (TPSA) is 117 Å². The SMILES string of the molecule is C/C=N\C(OC)=C(/CC)c1ccc(O)c(-c2nc3ccc(C(=O)Nc4c(C)cnn4CC)cc3[nH]2)c1. The van der Waals surface area contributed by atoms with E-state index in [9.17, 15) is 9.90 Å². The molecule has 9 nitrogen and oxygen atoms in total. The van der Waals surface area contributed by atoms with E-state index in [4.69, 9.17) is 4.74 Å². The normalized spacial score (nSPS) is 12.2. The molecule has 0 aliphatic carbocycles. The number of aromatic nitrogens is 4. The van der Waals surface area contributed by atoms with E-state index in [-0.39, 0.29) is 11.7 Å². The molecule has 0 aliphatic heterocycles. The molecule has 3 N–H and O–H groups in total. The second kappa shape index (κ2) is 10.5. The summed E-state index contributed by atoms with van der Waals surface area (Å²) < 4.78 is 7.22. The summed E-state index contributed by atoms with van der Waals surface area (Å²) >= 11 is 0. The zero-order valence-electron chi connectivity index (χ0n) is 21.1. The summed E-state index contributed by atoms with van der Waals surface area (Å²) in [6.45, 7) is 8.38. The number of ether oxygens (including phenoxy) is 1. The predicted molar refractivity (Wildman–Crippen MR) is 142 cm³/mol. The maximum absolute atomic E-state index is 13.0. The fraction of sp³-hybridized carbons (Fsp3) is 0.259. The van der Waals surface area contributed by atoms with E-state index in [1.807, 2.05) is 39.8 Å². The molecule has 0 fully saturated rings. The van der Waals surface area contributed by atoms with Crippen molar-refractivity contribution in [2.75, 3.05) is 12.4 Å². The van der Waals surface area contributed by atoms with Crippen molar-refractivity contribution in [1.29, 1.82) is 0 Å². The Morgan fingerprint density at radius 3 is 2.69 bits per heavy atom. The number of anilines is 1. The predicted octanol–water partition coefficient (Wildman–Crippen LogP) is 5.53. The Kier molecular flexibility index (Phi) is 7.19. The van der Waals surface area contributed by atoms with E-state index in [1.165, 1.54) is 0 Å². The lowest BCUT2D eigenvalue weighted by molar-refractivity contribution is 0.102. The van der Waals surface area contributed by atoms with Crippen molar-refractivity contribution in [2.24, 2.45) is 4.99 Å². The van der Waals surface area contributed by atoms with Gasteiger partial charge in [-0.2, -0.15) is 5.10 Å². The molecule has 0 saturated heterocycles. The van der Waals surface area contributed by atoms with Crippen molar-refractivity contribution in [1.82, 2.24) is 19.7 Å². The highest BCUT2D eigenvalue weighted by atomic mass is 16.5. The molecule has 1 amide bonds. The smallest absolute Gasteiger partial charge is 0.256 e. The maximum Gasteiger partial charge on any atom is 0.256 e. The minimum atomic E-state index is -0.238. The van der Waals surface area contributed by atoms with Crippen LogP contribution in [-0.4, -0.2) is 44.1 Å². The van der Waals surface area contributed by atoms with Gasteiger partial charge in [-0.25, -0.2) is 14.7 Å². The number of fused-ring (bicyclic) bond motifs is 1. The van der Waals surface area contributed by atoms with E-state index >= 15 is 0 Å². The summed E-state index contributed by atoms with van der Waals surface area (Å²) in [5.41, 5.74) is 5.07. The number of nitrogens with one attached hydrogen (secondary N) is 2. The Bertz CT molecular complexity index is 1480. The van der Waals surface area contributed by atoms with Gasteiger partial charge in [-0.1, -0.05) is 13.0 Å². The number of imidazole rings is 1. The van der Waals surface area contributed by atoms with Gasteiger partial charge in [-0.3, -0.25) is 4.79 Å². The van der Waals surface area contributed by atoms with Gasteiger partial charge in [0.05, 0.1) is 29.9 Å². The Morgan fingerprint density at radius 2 is 2.00 bits per heavy atom. The second-order valence-corrected chi connectivity index (χ2v) is 8.22. The summed E-state index contributed by atoms with van der Waals surface area (Å²) in [4.78, 5) is 25.2. The Morgan fingerprint density at radius 1 is 1.22 bits per heavy atom. The minimum absolute atomic E-state index is 0.0903. The van der Waals surface area contributed by atoms with Crippen LogP contribution in [0.4, 0.5) is 5.82 Å². The first-order valence-electron chi connectivity index (χ1n) is 11.8. The first-order valence-corrected chi connectivity index (χ1v) is 11.8. The van der Waals surface area contributed by atoms with E-state index in [0.717, 1.165) is 16.7 Å². The average molecular weight is 487 g/mol. The number of H-pyrrole nitrogens is 1. The van der Waals surface area contributed by atoms with Crippen LogP contribution in [0.1, 0.15) is 48.7 Å². The van der Waals surface area contributed by atoms with Gasteiger partial charge < -0.3 is 20.1 Å². The molecule has 186 valence electrons. The third-order valence-corrected chi connectivity index (χ3v) is 5.95. The van der Waals surface area contributed by atoms with Gasteiger partial charge in [0, 0.05) is 29.5 Å². The number of hydrogen-bond donors (Lipinski definition) is 3. The van der Waals surface area contributed by atoms with Gasteiger partial charge in [-0.15, -0.1) is 0 Å². The molecule has 0 aliphatic rings. The first kappa shape index (κ1) is 24.7. The lowest BCUT2D eigenvalue weighted by atomic mass is 10.0. The van der Waals surface area contributed by atoms with Crippen LogP contribution in [0.2, 0.25) is 0 Å². The summed E-state index contributed by atoms with van der Waals surface area (Å²) in [5.74, 6) is 1.55. The van der Waals surface area contributed by atoms with Crippen molar-refractivity contribution in [3.8, 4) is 17.1 Å². The molecule has 0 radical (unpaired) electrons. The third-order valence-electron chi connectivity index (χ3n) is 5.95. The zero-order valence-corrected chi connectivity index (χ0v) is 21.1. The van der Waals surface area contributed by atoms with Gasteiger partial charge in [-0.05, 0) is 63.1 Å². The van der Waals surface area contributed by atoms with E-state index in [2.05, 4.69) is 25.4 Å². The monoisotopic (exact) mass is 486 g/mol. The number of hydrogen-bond acceptors (Lipinski definition) is 6. The average Bonchev–Trinajstić information content (AvgIpc) is 3.47. The maximum atomic E-state index is 13.0. The molecule has 0 bridgehead atoms. The van der Waals surface area contributed by atoms with E-state index < -0.39 is 0 Å². The van der Waals surface area contributed by atoms with E-state index in [1.54, 1.807) is 48.5 Å². The molecule has 36 heavy (non-hydrogen) atoms. The standard InChI is InChI=1S/C27H30N6O3/c1-6-19(27(36-5)28-7-2)17-10-12-23(34)20(13-17)24-30-21-11-9-18(14-22(21)31-24)26(35)32-25-16(4)15-29-33(25)8-3/h7,9-15,34H,6,8H2,1-5H3,(H,30,31)(H,32,35)/b27-19-,28-7-. The molecular weight excluding hydrogens is 456 g/mol. The highest BCUT2D eigenvalue weighted by Gasteiger charge is 2.17. The number of aromatic amines is 1.